The van der Waals surface area contributed by atoms with Gasteiger partial charge in [0.15, 0.2) is 0 Å². The van der Waals surface area contributed by atoms with Crippen LogP contribution in [0.1, 0.15) is 5.56 Å². The van der Waals surface area contributed by atoms with Crippen molar-refractivity contribution in [3.05, 3.63) is 53.2 Å². The molecule has 0 atom stereocenters. The van der Waals surface area contributed by atoms with Crippen LogP contribution in [0, 0.1) is 11.3 Å². The molecule has 0 amide bonds. The van der Waals surface area contributed by atoms with E-state index in [1.54, 1.807) is 42.6 Å². The highest BCUT2D eigenvalue weighted by Crippen LogP contribution is 2.35. The van der Waals surface area contributed by atoms with Gasteiger partial charge >= 0.3 is 0 Å². The third kappa shape index (κ3) is 3.44. The van der Waals surface area contributed by atoms with Gasteiger partial charge in [0.25, 0.3) is 0 Å². The molecule has 0 N–H and O–H groups in total. The molecule has 1 heterocycles. The zero-order valence-corrected chi connectivity index (χ0v) is 14.6. The van der Waals surface area contributed by atoms with Crippen LogP contribution in [0.15, 0.2) is 47.6 Å². The van der Waals surface area contributed by atoms with Crippen molar-refractivity contribution in [1.82, 2.24) is 4.98 Å². The van der Waals surface area contributed by atoms with Crippen molar-refractivity contribution >= 4 is 45.6 Å². The van der Waals surface area contributed by atoms with Gasteiger partial charge in [-0.3, -0.25) is 4.98 Å². The predicted molar refractivity (Wildman–Crippen MR) is 99.2 cm³/mol. The van der Waals surface area contributed by atoms with Gasteiger partial charge in [0.1, 0.15) is 23.3 Å². The number of ether oxygens (including phenoxy) is 2. The Hall–Kier alpha value is -2.97. The molecule has 0 aliphatic heterocycles. The van der Waals surface area contributed by atoms with Gasteiger partial charge in [-0.15, -0.1) is 0 Å². The first kappa shape index (κ1) is 16.9. The van der Waals surface area contributed by atoms with Crippen molar-refractivity contribution in [2.75, 3.05) is 7.11 Å². The molecule has 0 spiro atoms. The molecule has 0 fully saturated rings. The van der Waals surface area contributed by atoms with Gasteiger partial charge in [0, 0.05) is 23.7 Å². The number of nitriles is 1. The third-order valence-corrected chi connectivity index (χ3v) is 3.85. The minimum Gasteiger partial charge on any atom is -0.495 e. The first-order chi connectivity index (χ1) is 12.2. The van der Waals surface area contributed by atoms with Crippen LogP contribution < -0.4 is 9.47 Å². The van der Waals surface area contributed by atoms with Crippen molar-refractivity contribution in [2.45, 2.75) is 0 Å². The molecule has 122 valence electrons. The second kappa shape index (κ2) is 7.29. The fraction of sp³-hybridized carbons (Fsp3) is 0.0556. The summed E-state index contributed by atoms with van der Waals surface area (Å²) in [5, 5.41) is 12.6. The van der Waals surface area contributed by atoms with Crippen LogP contribution in [0.5, 0.6) is 17.2 Å². The van der Waals surface area contributed by atoms with E-state index in [0.717, 1.165) is 0 Å². The van der Waals surface area contributed by atoms with Crippen LogP contribution in [-0.4, -0.2) is 17.3 Å². The molecule has 0 saturated carbocycles. The summed E-state index contributed by atoms with van der Waals surface area (Å²) >= 11 is 10.7. The molecule has 0 aliphatic rings. The Morgan fingerprint density at radius 2 is 2.04 bits per heavy atom. The van der Waals surface area contributed by atoms with E-state index in [9.17, 15) is 5.26 Å². The maximum atomic E-state index is 9.27. The standard InChI is InChI=1S/C18H10ClN3O2S/c1-23-18-8-16-13(6-11(18)9-20)17(4-5-21-16)24-12-2-3-15(22-10-25)14(19)7-12/h2-8H,1H3. The van der Waals surface area contributed by atoms with Crippen LogP contribution in [0.25, 0.3) is 10.9 Å². The molecule has 0 unspecified atom stereocenters. The maximum absolute atomic E-state index is 9.27. The largest absolute Gasteiger partial charge is 0.495 e. The number of pyridine rings is 1. The Balaban J connectivity index is 2.06. The van der Waals surface area contributed by atoms with Crippen molar-refractivity contribution in [1.29, 1.82) is 5.26 Å². The Bertz CT molecular complexity index is 1060. The number of thiocarbonyl (C=S) groups is 1. The lowest BCUT2D eigenvalue weighted by Crippen LogP contribution is -1.92. The van der Waals surface area contributed by atoms with Crippen LogP contribution >= 0.6 is 23.8 Å². The van der Waals surface area contributed by atoms with Gasteiger partial charge in [0.05, 0.1) is 34.1 Å². The first-order valence-corrected chi connectivity index (χ1v) is 7.87. The molecule has 3 rings (SSSR count). The minimum atomic E-state index is 0.396. The van der Waals surface area contributed by atoms with Crippen LogP contribution in [0.3, 0.4) is 0 Å². The third-order valence-electron chi connectivity index (χ3n) is 3.46. The number of rotatable bonds is 4. The molecular weight excluding hydrogens is 358 g/mol. The number of fused-ring (bicyclic) bond motifs is 1. The minimum absolute atomic E-state index is 0.396. The lowest BCUT2D eigenvalue weighted by Gasteiger charge is -2.11. The van der Waals surface area contributed by atoms with E-state index >= 15 is 0 Å². The van der Waals surface area contributed by atoms with Gasteiger partial charge in [-0.2, -0.15) is 10.3 Å². The molecule has 2 aromatic carbocycles. The second-order valence-electron chi connectivity index (χ2n) is 4.91. The Kier molecular flexibility index (Phi) is 4.92. The molecule has 7 heteroatoms. The Morgan fingerprint density at radius 1 is 1.20 bits per heavy atom. The van der Waals surface area contributed by atoms with E-state index in [4.69, 9.17) is 21.1 Å². The van der Waals surface area contributed by atoms with Crippen LogP contribution in [0.4, 0.5) is 5.69 Å². The summed E-state index contributed by atoms with van der Waals surface area (Å²) in [7, 11) is 1.51. The summed E-state index contributed by atoms with van der Waals surface area (Å²) < 4.78 is 11.1. The number of hydrogen-bond acceptors (Lipinski definition) is 6. The van der Waals surface area contributed by atoms with Crippen molar-refractivity contribution in [2.24, 2.45) is 4.99 Å². The van der Waals surface area contributed by atoms with E-state index in [0.29, 0.717) is 44.4 Å². The van der Waals surface area contributed by atoms with Crippen molar-refractivity contribution < 1.29 is 9.47 Å². The predicted octanol–water partition coefficient (Wildman–Crippen LogP) is 5.30. The number of methoxy groups -OCH3 is 1. The monoisotopic (exact) mass is 367 g/mol. The van der Waals surface area contributed by atoms with Gasteiger partial charge < -0.3 is 9.47 Å². The lowest BCUT2D eigenvalue weighted by molar-refractivity contribution is 0.414. The van der Waals surface area contributed by atoms with Crippen molar-refractivity contribution in [3.8, 4) is 23.3 Å². The number of benzene rings is 2. The normalized spacial score (nSPS) is 9.96. The van der Waals surface area contributed by atoms with E-state index in [1.165, 1.54) is 7.11 Å². The summed E-state index contributed by atoms with van der Waals surface area (Å²) in [4.78, 5) is 8.16. The molecule has 0 aliphatic carbocycles. The zero-order valence-electron chi connectivity index (χ0n) is 13.0. The molecule has 0 bridgehead atoms. The maximum Gasteiger partial charge on any atom is 0.138 e. The van der Waals surface area contributed by atoms with Crippen LogP contribution in [-0.2, 0) is 0 Å². The van der Waals surface area contributed by atoms with Gasteiger partial charge in [-0.25, -0.2) is 0 Å². The molecular formula is C18H10ClN3O2S. The molecule has 1 aromatic heterocycles. The van der Waals surface area contributed by atoms with E-state index in [-0.39, 0.29) is 0 Å². The summed E-state index contributed by atoms with van der Waals surface area (Å²) in [5.41, 5.74) is 1.57. The second-order valence-corrected chi connectivity index (χ2v) is 5.50. The van der Waals surface area contributed by atoms with Gasteiger partial charge in [0.2, 0.25) is 0 Å². The van der Waals surface area contributed by atoms with Crippen LogP contribution in [0.2, 0.25) is 5.02 Å². The highest BCUT2D eigenvalue weighted by Gasteiger charge is 2.11. The molecule has 0 saturated heterocycles. The summed E-state index contributed by atoms with van der Waals surface area (Å²) in [6.45, 7) is 0. The summed E-state index contributed by atoms with van der Waals surface area (Å²) in [6.07, 6.45) is 1.62. The fourth-order valence-corrected chi connectivity index (χ4v) is 2.62. The highest BCUT2D eigenvalue weighted by atomic mass is 35.5. The quantitative estimate of drug-likeness (QED) is 0.462. The topological polar surface area (TPSA) is 67.5 Å². The highest BCUT2D eigenvalue weighted by molar-refractivity contribution is 7.78. The van der Waals surface area contributed by atoms with Crippen molar-refractivity contribution in [3.63, 3.8) is 0 Å². The smallest absolute Gasteiger partial charge is 0.138 e. The Morgan fingerprint density at radius 3 is 2.72 bits per heavy atom. The number of nitrogens with zero attached hydrogens (tertiary/aromatic N) is 3. The number of halogens is 1. The average molecular weight is 368 g/mol. The number of isothiocyanates is 1. The first-order valence-electron chi connectivity index (χ1n) is 7.08. The van der Waals surface area contributed by atoms with E-state index < -0.39 is 0 Å². The molecule has 25 heavy (non-hydrogen) atoms. The SMILES string of the molecule is COc1cc2nccc(Oc3ccc(N=C=S)c(Cl)c3)c2cc1C#N. The Labute approximate surface area is 154 Å². The zero-order chi connectivity index (χ0) is 17.8. The lowest BCUT2D eigenvalue weighted by atomic mass is 10.1. The molecule has 5 nitrogen and oxygen atoms in total. The summed E-state index contributed by atoms with van der Waals surface area (Å²) in [6, 6.07) is 12.2. The fourth-order valence-electron chi connectivity index (χ4n) is 2.31. The number of aromatic nitrogens is 1. The number of aliphatic imine (C=N–C) groups is 1. The summed E-state index contributed by atoms with van der Waals surface area (Å²) in [5.74, 6) is 1.53. The average Bonchev–Trinajstić information content (AvgIpc) is 2.63. The van der Waals surface area contributed by atoms with E-state index in [1.807, 2.05) is 0 Å². The van der Waals surface area contributed by atoms with E-state index in [2.05, 4.69) is 33.4 Å². The van der Waals surface area contributed by atoms with Gasteiger partial charge in [-0.1, -0.05) is 11.6 Å². The van der Waals surface area contributed by atoms with Gasteiger partial charge in [-0.05, 0) is 36.5 Å². The molecule has 3 aromatic rings. The number of hydrogen-bond donors (Lipinski definition) is 0. The molecule has 0 radical (unpaired) electrons.